The minimum absolute atomic E-state index is 0.0193. The van der Waals surface area contributed by atoms with Gasteiger partial charge in [0.05, 0.1) is 42.8 Å². The Morgan fingerprint density at radius 1 is 1.21 bits per heavy atom. The van der Waals surface area contributed by atoms with Gasteiger partial charge in [-0.15, -0.1) is 11.3 Å². The van der Waals surface area contributed by atoms with Crippen molar-refractivity contribution >= 4 is 39.1 Å². The maximum Gasteiger partial charge on any atom is 0.268 e. The van der Waals surface area contributed by atoms with Crippen LogP contribution < -0.4 is 15.4 Å². The van der Waals surface area contributed by atoms with Gasteiger partial charge >= 0.3 is 0 Å². The maximum atomic E-state index is 13.7. The SMILES string of the molecule is C[NH+]1CCc2c(sc3nc(N4CCOCC4)n(-c4ccc(Cl)cc4)c(=O)c23)C1. The number of nitrogens with one attached hydrogen (secondary N) is 1. The van der Waals surface area contributed by atoms with E-state index in [1.807, 2.05) is 24.3 Å². The standard InChI is InChI=1S/C20H21ClN4O2S/c1-23-7-6-15-16(12-23)28-18-17(15)19(26)25(14-4-2-13(21)3-5-14)20(22-18)24-8-10-27-11-9-24/h2-5H,6-12H2,1H3/p+1. The van der Waals surface area contributed by atoms with Crippen LogP contribution in [0.15, 0.2) is 29.1 Å². The lowest BCUT2D eigenvalue weighted by molar-refractivity contribution is -0.895. The van der Waals surface area contributed by atoms with Crippen molar-refractivity contribution in [3.63, 3.8) is 0 Å². The van der Waals surface area contributed by atoms with E-state index >= 15 is 0 Å². The first kappa shape index (κ1) is 18.1. The molecule has 2 aromatic heterocycles. The topological polar surface area (TPSA) is 51.8 Å². The molecule has 8 heteroatoms. The molecular weight excluding hydrogens is 396 g/mol. The molecule has 1 unspecified atom stereocenters. The highest BCUT2D eigenvalue weighted by Crippen LogP contribution is 2.31. The lowest BCUT2D eigenvalue weighted by Gasteiger charge is -2.29. The zero-order valence-corrected chi connectivity index (χ0v) is 17.3. The Balaban J connectivity index is 1.77. The minimum atomic E-state index is 0.0193. The van der Waals surface area contributed by atoms with Gasteiger partial charge in [-0.1, -0.05) is 11.6 Å². The number of hydrogen-bond donors (Lipinski definition) is 1. The van der Waals surface area contributed by atoms with Crippen molar-refractivity contribution in [1.29, 1.82) is 0 Å². The second kappa shape index (κ2) is 7.15. The molecule has 0 bridgehead atoms. The molecule has 1 aromatic carbocycles. The van der Waals surface area contributed by atoms with Crippen LogP contribution in [0.1, 0.15) is 10.4 Å². The van der Waals surface area contributed by atoms with Gasteiger partial charge in [0.1, 0.15) is 11.4 Å². The molecule has 2 aliphatic rings. The Labute approximate surface area is 171 Å². The average molecular weight is 418 g/mol. The van der Waals surface area contributed by atoms with Crippen molar-refractivity contribution in [3.05, 3.63) is 50.1 Å². The number of likely N-dealkylation sites (N-methyl/N-ethyl adjacent to an activating group) is 1. The molecule has 4 heterocycles. The van der Waals surface area contributed by atoms with E-state index in [0.29, 0.717) is 24.2 Å². The first-order valence-corrected chi connectivity index (χ1v) is 10.8. The van der Waals surface area contributed by atoms with Gasteiger partial charge in [0.15, 0.2) is 0 Å². The third-order valence-electron chi connectivity index (χ3n) is 5.53. The third-order valence-corrected chi connectivity index (χ3v) is 6.91. The number of hydrogen-bond acceptors (Lipinski definition) is 5. The predicted molar refractivity (Wildman–Crippen MR) is 112 cm³/mol. The number of rotatable bonds is 2. The molecule has 1 saturated heterocycles. The molecule has 3 aromatic rings. The number of thiophene rings is 1. The summed E-state index contributed by atoms with van der Waals surface area (Å²) < 4.78 is 7.26. The second-order valence-electron chi connectivity index (χ2n) is 7.45. The highest BCUT2D eigenvalue weighted by atomic mass is 35.5. The molecule has 1 atom stereocenters. The van der Waals surface area contributed by atoms with Gasteiger partial charge in [-0.25, -0.2) is 9.55 Å². The van der Waals surface area contributed by atoms with Crippen LogP contribution in [0.3, 0.4) is 0 Å². The number of quaternary nitrogens is 1. The molecule has 2 aliphatic heterocycles. The zero-order chi connectivity index (χ0) is 19.3. The summed E-state index contributed by atoms with van der Waals surface area (Å²) in [7, 11) is 2.20. The first-order chi connectivity index (χ1) is 13.6. The number of aromatic nitrogens is 2. The zero-order valence-electron chi connectivity index (χ0n) is 15.7. The van der Waals surface area contributed by atoms with E-state index in [-0.39, 0.29) is 5.56 Å². The van der Waals surface area contributed by atoms with Crippen molar-refractivity contribution in [2.75, 3.05) is 44.8 Å². The van der Waals surface area contributed by atoms with E-state index in [0.717, 1.165) is 48.5 Å². The summed E-state index contributed by atoms with van der Waals surface area (Å²) in [6.45, 7) is 4.74. The Bertz CT molecular complexity index is 1090. The van der Waals surface area contributed by atoms with Crippen LogP contribution in [-0.2, 0) is 17.7 Å². The largest absolute Gasteiger partial charge is 0.378 e. The average Bonchev–Trinajstić information content (AvgIpc) is 3.07. The lowest BCUT2D eigenvalue weighted by Crippen LogP contribution is -3.08. The molecule has 1 fully saturated rings. The highest BCUT2D eigenvalue weighted by Gasteiger charge is 2.27. The Morgan fingerprint density at radius 3 is 2.71 bits per heavy atom. The molecule has 6 nitrogen and oxygen atoms in total. The van der Waals surface area contributed by atoms with Gasteiger partial charge in [-0.05, 0) is 29.8 Å². The second-order valence-corrected chi connectivity index (χ2v) is 8.97. The third kappa shape index (κ3) is 3.03. The molecule has 1 N–H and O–H groups in total. The summed E-state index contributed by atoms with van der Waals surface area (Å²) in [5.41, 5.74) is 2.01. The Kier molecular flexibility index (Phi) is 4.63. The van der Waals surface area contributed by atoms with E-state index in [4.69, 9.17) is 21.3 Å². The quantitative estimate of drug-likeness (QED) is 0.686. The van der Waals surface area contributed by atoms with Gasteiger partial charge in [0, 0.05) is 24.5 Å². The van der Waals surface area contributed by atoms with Crippen LogP contribution in [0.2, 0.25) is 5.02 Å². The summed E-state index contributed by atoms with van der Waals surface area (Å²) in [5.74, 6) is 0.697. The van der Waals surface area contributed by atoms with E-state index in [2.05, 4.69) is 11.9 Å². The van der Waals surface area contributed by atoms with Gasteiger partial charge in [0.2, 0.25) is 5.95 Å². The van der Waals surface area contributed by atoms with Gasteiger partial charge in [0.25, 0.3) is 5.56 Å². The maximum absolute atomic E-state index is 13.7. The molecule has 5 rings (SSSR count). The smallest absolute Gasteiger partial charge is 0.268 e. The van der Waals surface area contributed by atoms with Crippen molar-refractivity contribution in [2.24, 2.45) is 0 Å². The van der Waals surface area contributed by atoms with E-state index in [9.17, 15) is 4.79 Å². The Morgan fingerprint density at radius 2 is 1.96 bits per heavy atom. The molecule has 0 aliphatic carbocycles. The predicted octanol–water partition coefficient (Wildman–Crippen LogP) is 1.51. The fourth-order valence-corrected chi connectivity index (χ4v) is 5.49. The van der Waals surface area contributed by atoms with Crippen molar-refractivity contribution < 1.29 is 9.64 Å². The summed E-state index contributed by atoms with van der Waals surface area (Å²) >= 11 is 7.76. The summed E-state index contributed by atoms with van der Waals surface area (Å²) in [5, 5.41) is 1.44. The van der Waals surface area contributed by atoms with Crippen LogP contribution in [0.5, 0.6) is 0 Å². The molecule has 0 amide bonds. The number of halogens is 1. The molecular formula is C20H22ClN4O2S+. The fraction of sp³-hybridized carbons (Fsp3) is 0.400. The van der Waals surface area contributed by atoms with Crippen LogP contribution >= 0.6 is 22.9 Å². The normalized spacial score (nSPS) is 19.8. The number of anilines is 1. The number of benzene rings is 1. The number of ether oxygens (including phenoxy) is 1. The van der Waals surface area contributed by atoms with Crippen molar-refractivity contribution in [3.8, 4) is 5.69 Å². The first-order valence-electron chi connectivity index (χ1n) is 9.59. The van der Waals surface area contributed by atoms with Crippen molar-refractivity contribution in [1.82, 2.24) is 9.55 Å². The fourth-order valence-electron chi connectivity index (χ4n) is 4.05. The molecule has 146 valence electrons. The number of fused-ring (bicyclic) bond motifs is 3. The van der Waals surface area contributed by atoms with E-state index < -0.39 is 0 Å². The number of morpholine rings is 1. The van der Waals surface area contributed by atoms with Gasteiger partial charge < -0.3 is 14.5 Å². The lowest BCUT2D eigenvalue weighted by atomic mass is 10.1. The van der Waals surface area contributed by atoms with Crippen LogP contribution in [-0.4, -0.2) is 49.4 Å². The summed E-state index contributed by atoms with van der Waals surface area (Å²) in [6, 6.07) is 7.41. The molecule has 0 radical (unpaired) electrons. The molecule has 28 heavy (non-hydrogen) atoms. The number of nitrogens with zero attached hydrogens (tertiary/aromatic N) is 3. The van der Waals surface area contributed by atoms with Crippen LogP contribution in [0.4, 0.5) is 5.95 Å². The van der Waals surface area contributed by atoms with E-state index in [1.54, 1.807) is 15.9 Å². The molecule has 0 saturated carbocycles. The molecule has 0 spiro atoms. The monoisotopic (exact) mass is 417 g/mol. The minimum Gasteiger partial charge on any atom is -0.378 e. The van der Waals surface area contributed by atoms with Crippen LogP contribution in [0, 0.1) is 0 Å². The highest BCUT2D eigenvalue weighted by molar-refractivity contribution is 7.18. The van der Waals surface area contributed by atoms with Gasteiger partial charge in [-0.3, -0.25) is 4.79 Å². The Hall–Kier alpha value is -1.93. The van der Waals surface area contributed by atoms with Crippen molar-refractivity contribution in [2.45, 2.75) is 13.0 Å². The van der Waals surface area contributed by atoms with Gasteiger partial charge in [-0.2, -0.15) is 0 Å². The van der Waals surface area contributed by atoms with E-state index in [1.165, 1.54) is 15.3 Å². The summed E-state index contributed by atoms with van der Waals surface area (Å²) in [4.78, 5) is 24.5. The summed E-state index contributed by atoms with van der Waals surface area (Å²) in [6.07, 6.45) is 0.926. The van der Waals surface area contributed by atoms with Crippen LogP contribution in [0.25, 0.3) is 15.9 Å².